The molecule has 0 aliphatic rings. The predicted molar refractivity (Wildman–Crippen MR) is 53.4 cm³/mol. The van der Waals surface area contributed by atoms with Crippen molar-refractivity contribution >= 4 is 22.4 Å². The first kappa shape index (κ1) is 8.89. The van der Waals surface area contributed by atoms with Gasteiger partial charge in [-0.3, -0.25) is 10.1 Å². The molecule has 0 spiro atoms. The number of aryl methyl sites for hydroxylation is 1. The van der Waals surface area contributed by atoms with E-state index >= 15 is 0 Å². The summed E-state index contributed by atoms with van der Waals surface area (Å²) in [6.45, 7) is 1.84. The van der Waals surface area contributed by atoms with Gasteiger partial charge < -0.3 is 4.98 Å². The zero-order valence-electron chi connectivity index (χ0n) is 7.44. The second-order valence-corrected chi connectivity index (χ2v) is 3.85. The zero-order valence-corrected chi connectivity index (χ0v) is 8.26. The van der Waals surface area contributed by atoms with Crippen molar-refractivity contribution in [3.63, 3.8) is 0 Å². The summed E-state index contributed by atoms with van der Waals surface area (Å²) in [7, 11) is 0. The molecule has 2 aromatic rings. The molecule has 2 aromatic heterocycles. The maximum atomic E-state index is 11.5. The molecule has 0 radical (unpaired) electrons. The van der Waals surface area contributed by atoms with Gasteiger partial charge in [0.1, 0.15) is 10.7 Å². The van der Waals surface area contributed by atoms with Gasteiger partial charge >= 0.3 is 0 Å². The van der Waals surface area contributed by atoms with Crippen molar-refractivity contribution in [2.45, 2.75) is 6.92 Å². The van der Waals surface area contributed by atoms with E-state index in [1.54, 1.807) is 18.3 Å². The molecule has 0 fully saturated rings. The molecule has 0 saturated carbocycles. The van der Waals surface area contributed by atoms with Crippen LogP contribution in [0.2, 0.25) is 0 Å². The Morgan fingerprint density at radius 1 is 1.57 bits per heavy atom. The third-order valence-corrected chi connectivity index (χ3v) is 2.34. The summed E-state index contributed by atoms with van der Waals surface area (Å²) < 4.78 is 0. The lowest BCUT2D eigenvalue weighted by Crippen LogP contribution is -2.11. The number of nitrogens with one attached hydrogen (secondary N) is 2. The fraction of sp³-hybridized carbons (Fsp3) is 0.125. The molecule has 0 aromatic carbocycles. The van der Waals surface area contributed by atoms with E-state index < -0.39 is 0 Å². The van der Waals surface area contributed by atoms with E-state index in [0.29, 0.717) is 10.8 Å². The Hall–Kier alpha value is -1.69. The number of anilines is 1. The molecular weight excluding hydrogens is 200 g/mol. The Bertz CT molecular complexity index is 434. The monoisotopic (exact) mass is 208 g/mol. The average Bonchev–Trinajstić information content (AvgIpc) is 2.75. The van der Waals surface area contributed by atoms with Gasteiger partial charge in [0.2, 0.25) is 5.13 Å². The number of aromatic nitrogens is 3. The number of amides is 1. The van der Waals surface area contributed by atoms with Crippen LogP contribution in [-0.2, 0) is 0 Å². The van der Waals surface area contributed by atoms with Gasteiger partial charge in [-0.15, -0.1) is 10.2 Å². The molecule has 6 heteroatoms. The van der Waals surface area contributed by atoms with Crippen LogP contribution in [0.5, 0.6) is 0 Å². The molecule has 0 saturated heterocycles. The van der Waals surface area contributed by atoms with Crippen LogP contribution in [0.3, 0.4) is 0 Å². The molecule has 72 valence electrons. The van der Waals surface area contributed by atoms with E-state index in [1.165, 1.54) is 11.3 Å². The molecule has 0 bridgehead atoms. The lowest BCUT2D eigenvalue weighted by Gasteiger charge is -1.96. The number of hydrogen-bond donors (Lipinski definition) is 2. The van der Waals surface area contributed by atoms with Gasteiger partial charge in [-0.05, 0) is 19.1 Å². The maximum absolute atomic E-state index is 11.5. The normalized spacial score (nSPS) is 10.1. The summed E-state index contributed by atoms with van der Waals surface area (Å²) in [6, 6.07) is 3.46. The zero-order chi connectivity index (χ0) is 9.97. The first-order valence-electron chi connectivity index (χ1n) is 4.00. The molecule has 2 N–H and O–H groups in total. The lowest BCUT2D eigenvalue weighted by molar-refractivity contribution is 0.102. The molecule has 5 nitrogen and oxygen atoms in total. The van der Waals surface area contributed by atoms with E-state index in [9.17, 15) is 4.79 Å². The molecule has 0 aliphatic heterocycles. The third-order valence-electron chi connectivity index (χ3n) is 1.59. The van der Waals surface area contributed by atoms with Crippen molar-refractivity contribution in [2.24, 2.45) is 0 Å². The predicted octanol–water partition coefficient (Wildman–Crippen LogP) is 1.43. The van der Waals surface area contributed by atoms with E-state index in [1.807, 2.05) is 6.92 Å². The van der Waals surface area contributed by atoms with Gasteiger partial charge in [-0.25, -0.2) is 0 Å². The number of nitrogens with zero attached hydrogens (tertiary/aromatic N) is 2. The van der Waals surface area contributed by atoms with Crippen molar-refractivity contribution in [1.82, 2.24) is 15.2 Å². The number of hydrogen-bond acceptors (Lipinski definition) is 4. The van der Waals surface area contributed by atoms with Gasteiger partial charge in [-0.1, -0.05) is 11.3 Å². The van der Waals surface area contributed by atoms with Crippen LogP contribution in [0.15, 0.2) is 18.3 Å². The third kappa shape index (κ3) is 1.80. The summed E-state index contributed by atoms with van der Waals surface area (Å²) in [4.78, 5) is 14.3. The highest BCUT2D eigenvalue weighted by molar-refractivity contribution is 7.15. The lowest BCUT2D eigenvalue weighted by atomic mass is 10.4. The molecule has 0 atom stereocenters. The van der Waals surface area contributed by atoms with Crippen LogP contribution in [0.4, 0.5) is 5.13 Å². The largest absolute Gasteiger partial charge is 0.357 e. The minimum Gasteiger partial charge on any atom is -0.357 e. The van der Waals surface area contributed by atoms with Crippen molar-refractivity contribution in [1.29, 1.82) is 0 Å². The Balaban J connectivity index is 2.09. The Labute approximate surface area is 84.2 Å². The fourth-order valence-corrected chi connectivity index (χ4v) is 1.57. The first-order valence-corrected chi connectivity index (χ1v) is 4.82. The Morgan fingerprint density at radius 3 is 3.00 bits per heavy atom. The van der Waals surface area contributed by atoms with Crippen LogP contribution in [0.25, 0.3) is 0 Å². The first-order chi connectivity index (χ1) is 6.75. The summed E-state index contributed by atoms with van der Waals surface area (Å²) >= 11 is 1.35. The highest BCUT2D eigenvalue weighted by Crippen LogP contribution is 2.14. The summed E-state index contributed by atoms with van der Waals surface area (Å²) in [5.74, 6) is -0.203. The van der Waals surface area contributed by atoms with E-state index in [2.05, 4.69) is 20.5 Å². The molecule has 0 unspecified atom stereocenters. The highest BCUT2D eigenvalue weighted by atomic mass is 32.1. The number of aromatic amines is 1. The minimum absolute atomic E-state index is 0.203. The molecule has 14 heavy (non-hydrogen) atoms. The molecule has 0 aliphatic carbocycles. The average molecular weight is 208 g/mol. The number of rotatable bonds is 2. The number of H-pyrrole nitrogens is 1. The van der Waals surface area contributed by atoms with Crippen molar-refractivity contribution in [3.05, 3.63) is 29.0 Å². The standard InChI is InChI=1S/C8H8N4OS/c1-5-11-12-8(14-5)10-7(13)6-3-2-4-9-6/h2-4,9H,1H3,(H,10,12,13). The second-order valence-electron chi connectivity index (χ2n) is 2.66. The van der Waals surface area contributed by atoms with E-state index in [0.717, 1.165) is 5.01 Å². The van der Waals surface area contributed by atoms with E-state index in [-0.39, 0.29) is 5.91 Å². The van der Waals surface area contributed by atoms with Crippen LogP contribution in [0, 0.1) is 6.92 Å². The van der Waals surface area contributed by atoms with Crippen molar-refractivity contribution in [3.8, 4) is 0 Å². The molecule has 2 rings (SSSR count). The van der Waals surface area contributed by atoms with Gasteiger partial charge in [-0.2, -0.15) is 0 Å². The Morgan fingerprint density at radius 2 is 2.43 bits per heavy atom. The van der Waals surface area contributed by atoms with Crippen LogP contribution in [0.1, 0.15) is 15.5 Å². The smallest absolute Gasteiger partial charge is 0.273 e. The van der Waals surface area contributed by atoms with Crippen LogP contribution in [-0.4, -0.2) is 21.1 Å². The summed E-state index contributed by atoms with van der Waals surface area (Å²) in [5, 5.41) is 11.6. The van der Waals surface area contributed by atoms with Crippen molar-refractivity contribution in [2.75, 3.05) is 5.32 Å². The SMILES string of the molecule is Cc1nnc(NC(=O)c2ccc[nH]2)s1. The maximum Gasteiger partial charge on any atom is 0.273 e. The molecule has 2 heterocycles. The fourth-order valence-electron chi connectivity index (χ4n) is 0.983. The number of carbonyl (C=O) groups is 1. The quantitative estimate of drug-likeness (QED) is 0.784. The highest BCUT2D eigenvalue weighted by Gasteiger charge is 2.08. The molecular formula is C8H8N4OS. The van der Waals surface area contributed by atoms with Gasteiger partial charge in [0, 0.05) is 6.20 Å². The van der Waals surface area contributed by atoms with Gasteiger partial charge in [0.15, 0.2) is 0 Å². The number of carbonyl (C=O) groups excluding carboxylic acids is 1. The van der Waals surface area contributed by atoms with Gasteiger partial charge in [0.25, 0.3) is 5.91 Å². The second kappa shape index (κ2) is 3.59. The van der Waals surface area contributed by atoms with Gasteiger partial charge in [0.05, 0.1) is 0 Å². The summed E-state index contributed by atoms with van der Waals surface area (Å²) in [5.41, 5.74) is 0.512. The topological polar surface area (TPSA) is 70.7 Å². The Kier molecular flexibility index (Phi) is 2.28. The van der Waals surface area contributed by atoms with Crippen LogP contribution >= 0.6 is 11.3 Å². The van der Waals surface area contributed by atoms with Crippen molar-refractivity contribution < 1.29 is 4.79 Å². The van der Waals surface area contributed by atoms with Crippen LogP contribution < -0.4 is 5.32 Å². The minimum atomic E-state index is -0.203. The molecule has 1 amide bonds. The van der Waals surface area contributed by atoms with E-state index in [4.69, 9.17) is 0 Å². The summed E-state index contributed by atoms with van der Waals surface area (Å²) in [6.07, 6.45) is 1.69.